The number of esters is 1. The molecule has 0 radical (unpaired) electrons. The van der Waals surface area contributed by atoms with Crippen molar-refractivity contribution in [3.8, 4) is 0 Å². The third-order valence-electron chi connectivity index (χ3n) is 4.09. The fourth-order valence-electron chi connectivity index (χ4n) is 2.62. The summed E-state index contributed by atoms with van der Waals surface area (Å²) in [6, 6.07) is 10.1. The van der Waals surface area contributed by atoms with Gasteiger partial charge in [0.15, 0.2) is 6.61 Å². The molecule has 0 aromatic heterocycles. The zero-order valence-corrected chi connectivity index (χ0v) is 16.2. The van der Waals surface area contributed by atoms with E-state index in [0.29, 0.717) is 12.1 Å². The molecule has 1 N–H and O–H groups in total. The first kappa shape index (κ1) is 22.0. The quantitative estimate of drug-likeness (QED) is 0.685. The van der Waals surface area contributed by atoms with Gasteiger partial charge in [0.1, 0.15) is 17.2 Å². The number of aryl methyl sites for hydroxylation is 1. The Labute approximate surface area is 167 Å². The van der Waals surface area contributed by atoms with Crippen molar-refractivity contribution < 1.29 is 27.9 Å². The summed E-state index contributed by atoms with van der Waals surface area (Å²) in [5.41, 5.74) is 0.637. The molecule has 2 aromatic rings. The summed E-state index contributed by atoms with van der Waals surface area (Å²) >= 11 is 0. The van der Waals surface area contributed by atoms with E-state index in [2.05, 4.69) is 5.32 Å². The van der Waals surface area contributed by atoms with Crippen molar-refractivity contribution in [2.24, 2.45) is 0 Å². The lowest BCUT2D eigenvalue weighted by Gasteiger charge is -2.21. The van der Waals surface area contributed by atoms with Crippen LogP contribution in [0.2, 0.25) is 0 Å². The van der Waals surface area contributed by atoms with Gasteiger partial charge in [0.2, 0.25) is 5.91 Å². The predicted octanol–water partition coefficient (Wildman–Crippen LogP) is 3.31. The fraction of sp³-hybridized carbons (Fsp3) is 0.286. The molecule has 0 fully saturated rings. The lowest BCUT2D eigenvalue weighted by atomic mass is 10.2. The molecule has 6 nitrogen and oxygen atoms in total. The lowest BCUT2D eigenvalue weighted by molar-refractivity contribution is -0.137. The maximum absolute atomic E-state index is 13.6. The molecular weight excluding hydrogens is 382 g/mol. The largest absolute Gasteiger partial charge is 0.452 e. The number of ether oxygens (including phenoxy) is 1. The van der Waals surface area contributed by atoms with Gasteiger partial charge in [0.25, 0.3) is 5.91 Å². The summed E-state index contributed by atoms with van der Waals surface area (Å²) in [6.45, 7) is 2.94. The fourth-order valence-corrected chi connectivity index (χ4v) is 2.62. The van der Waals surface area contributed by atoms with E-state index < -0.39 is 41.6 Å². The Morgan fingerprint density at radius 1 is 1.03 bits per heavy atom. The summed E-state index contributed by atoms with van der Waals surface area (Å²) in [5.74, 6) is -4.49. The summed E-state index contributed by atoms with van der Waals surface area (Å²) in [6.07, 6.45) is 0.569. The van der Waals surface area contributed by atoms with E-state index in [1.165, 1.54) is 4.90 Å². The molecular formula is C21H22F2N2O4. The lowest BCUT2D eigenvalue weighted by Crippen LogP contribution is -2.41. The van der Waals surface area contributed by atoms with Crippen LogP contribution in [-0.4, -0.2) is 42.4 Å². The predicted molar refractivity (Wildman–Crippen MR) is 103 cm³/mol. The van der Waals surface area contributed by atoms with Crippen molar-refractivity contribution in [2.45, 2.75) is 20.3 Å². The van der Waals surface area contributed by atoms with Crippen LogP contribution in [0.3, 0.4) is 0 Å². The number of para-hydroxylation sites is 1. The minimum absolute atomic E-state index is 0.243. The Bertz CT molecular complexity index is 882. The van der Waals surface area contributed by atoms with Gasteiger partial charge in [-0.05, 0) is 37.1 Å². The van der Waals surface area contributed by atoms with E-state index in [1.54, 1.807) is 12.1 Å². The molecule has 0 aliphatic rings. The maximum Gasteiger partial charge on any atom is 0.344 e. The van der Waals surface area contributed by atoms with E-state index in [4.69, 9.17) is 4.74 Å². The molecule has 0 saturated carbocycles. The molecule has 0 unspecified atom stereocenters. The maximum atomic E-state index is 13.6. The van der Waals surface area contributed by atoms with E-state index in [-0.39, 0.29) is 13.1 Å². The first-order valence-corrected chi connectivity index (χ1v) is 9.07. The monoisotopic (exact) mass is 404 g/mol. The van der Waals surface area contributed by atoms with Gasteiger partial charge in [-0.2, -0.15) is 0 Å². The number of amides is 2. The number of halogens is 2. The van der Waals surface area contributed by atoms with Gasteiger partial charge in [0, 0.05) is 12.2 Å². The molecule has 0 spiro atoms. The molecule has 2 aromatic carbocycles. The molecule has 0 atom stereocenters. The molecule has 2 rings (SSSR count). The van der Waals surface area contributed by atoms with E-state index in [0.717, 1.165) is 23.8 Å². The highest BCUT2D eigenvalue weighted by Crippen LogP contribution is 2.14. The van der Waals surface area contributed by atoms with E-state index >= 15 is 0 Å². The van der Waals surface area contributed by atoms with Gasteiger partial charge in [-0.15, -0.1) is 0 Å². The van der Waals surface area contributed by atoms with E-state index in [9.17, 15) is 23.2 Å². The Hall–Kier alpha value is -3.29. The van der Waals surface area contributed by atoms with Crippen LogP contribution in [0.25, 0.3) is 0 Å². The third kappa shape index (κ3) is 6.10. The standard InChI is InChI=1S/C21H22F2N2O4/c1-3-11-25(12-18(26)24-17-10-5-4-7-14(17)2)19(27)13-29-21(28)20-15(22)8-6-9-16(20)23/h4-10H,3,11-13H2,1-2H3,(H,24,26). The molecule has 0 aliphatic carbocycles. The number of nitrogens with one attached hydrogen (secondary N) is 1. The van der Waals surface area contributed by atoms with Crippen molar-refractivity contribution >= 4 is 23.5 Å². The normalized spacial score (nSPS) is 10.3. The van der Waals surface area contributed by atoms with Crippen molar-refractivity contribution in [1.82, 2.24) is 4.90 Å². The second-order valence-corrected chi connectivity index (χ2v) is 6.35. The SMILES string of the molecule is CCCN(CC(=O)Nc1ccccc1C)C(=O)COC(=O)c1c(F)cccc1F. The van der Waals surface area contributed by atoms with Gasteiger partial charge in [-0.1, -0.05) is 31.2 Å². The molecule has 154 valence electrons. The molecule has 0 bridgehead atoms. The topological polar surface area (TPSA) is 75.7 Å². The Balaban J connectivity index is 1.97. The summed E-state index contributed by atoms with van der Waals surface area (Å²) in [5, 5.41) is 2.72. The zero-order chi connectivity index (χ0) is 21.4. The van der Waals surface area contributed by atoms with Crippen LogP contribution < -0.4 is 5.32 Å². The second kappa shape index (κ2) is 10.3. The Kier molecular flexibility index (Phi) is 7.82. The van der Waals surface area contributed by atoms with Gasteiger partial charge in [0.05, 0.1) is 6.54 Å². The molecule has 0 heterocycles. The van der Waals surface area contributed by atoms with Crippen molar-refractivity contribution in [1.29, 1.82) is 0 Å². The number of benzene rings is 2. The van der Waals surface area contributed by atoms with E-state index in [1.807, 2.05) is 26.0 Å². The number of carbonyl (C=O) groups excluding carboxylic acids is 3. The molecule has 0 saturated heterocycles. The smallest absolute Gasteiger partial charge is 0.344 e. The van der Waals surface area contributed by atoms with Crippen LogP contribution in [0.5, 0.6) is 0 Å². The number of rotatable bonds is 8. The molecule has 8 heteroatoms. The average molecular weight is 404 g/mol. The second-order valence-electron chi connectivity index (χ2n) is 6.35. The highest BCUT2D eigenvalue weighted by Gasteiger charge is 2.22. The Morgan fingerprint density at radius 2 is 1.69 bits per heavy atom. The summed E-state index contributed by atoms with van der Waals surface area (Å²) < 4.78 is 32.0. The summed E-state index contributed by atoms with van der Waals surface area (Å²) in [7, 11) is 0. The zero-order valence-electron chi connectivity index (χ0n) is 16.2. The van der Waals surface area contributed by atoms with Crippen LogP contribution in [0.1, 0.15) is 29.3 Å². The van der Waals surface area contributed by atoms with Gasteiger partial charge in [-0.25, -0.2) is 13.6 Å². The van der Waals surface area contributed by atoms with Crippen LogP contribution in [0, 0.1) is 18.6 Å². The molecule has 2 amide bonds. The van der Waals surface area contributed by atoms with Crippen molar-refractivity contribution in [2.75, 3.05) is 25.0 Å². The average Bonchev–Trinajstić information content (AvgIpc) is 2.67. The van der Waals surface area contributed by atoms with Gasteiger partial charge < -0.3 is 15.0 Å². The van der Waals surface area contributed by atoms with Crippen LogP contribution >= 0.6 is 0 Å². The third-order valence-corrected chi connectivity index (χ3v) is 4.09. The minimum atomic E-state index is -1.28. The highest BCUT2D eigenvalue weighted by atomic mass is 19.1. The van der Waals surface area contributed by atoms with Crippen molar-refractivity contribution in [3.05, 3.63) is 65.2 Å². The molecule has 29 heavy (non-hydrogen) atoms. The number of hydrogen-bond donors (Lipinski definition) is 1. The number of hydrogen-bond acceptors (Lipinski definition) is 4. The molecule has 0 aliphatic heterocycles. The highest BCUT2D eigenvalue weighted by molar-refractivity contribution is 5.96. The van der Waals surface area contributed by atoms with Gasteiger partial charge in [-0.3, -0.25) is 9.59 Å². The van der Waals surface area contributed by atoms with Crippen LogP contribution in [0.4, 0.5) is 14.5 Å². The summed E-state index contributed by atoms with van der Waals surface area (Å²) in [4.78, 5) is 37.8. The first-order valence-electron chi connectivity index (χ1n) is 9.07. The number of nitrogens with zero attached hydrogens (tertiary/aromatic N) is 1. The van der Waals surface area contributed by atoms with Crippen LogP contribution in [0.15, 0.2) is 42.5 Å². The number of anilines is 1. The first-order chi connectivity index (χ1) is 13.8. The van der Waals surface area contributed by atoms with Crippen molar-refractivity contribution in [3.63, 3.8) is 0 Å². The minimum Gasteiger partial charge on any atom is -0.452 e. The van der Waals surface area contributed by atoms with Gasteiger partial charge >= 0.3 is 5.97 Å². The van der Waals surface area contributed by atoms with Crippen LogP contribution in [-0.2, 0) is 14.3 Å². The number of carbonyl (C=O) groups is 3. The Morgan fingerprint density at radius 3 is 2.31 bits per heavy atom.